The molecular weight excluding hydrogens is 765 g/mol. The van der Waals surface area contributed by atoms with E-state index in [9.17, 15) is 24.0 Å². The number of likely N-dealkylation sites (N-methyl/N-ethyl adjacent to an activating group) is 2. The van der Waals surface area contributed by atoms with Crippen LogP contribution >= 0.6 is 37.0 Å². The van der Waals surface area contributed by atoms with Crippen LogP contribution in [0.25, 0.3) is 0 Å². The molecule has 0 fully saturated rings. The smallest absolute Gasteiger partial charge is 0.410 e. The highest BCUT2D eigenvalue weighted by molar-refractivity contribution is 8.00. The number of carbonyl (C=O) groups is 5. The number of ether oxygens (including phenoxy) is 1. The van der Waals surface area contributed by atoms with Crippen molar-refractivity contribution < 1.29 is 28.7 Å². The molecule has 0 aliphatic rings. The lowest BCUT2D eigenvalue weighted by Gasteiger charge is -2.36. The second kappa shape index (κ2) is 24.1. The fourth-order valence-electron chi connectivity index (χ4n) is 6.17. The van der Waals surface area contributed by atoms with Crippen LogP contribution in [0.3, 0.4) is 0 Å². The van der Waals surface area contributed by atoms with Gasteiger partial charge in [-0.05, 0) is 50.9 Å². The molecule has 306 valence electrons. The number of ketones is 2. The number of carbonyl (C=O) groups excluding carboxylic acids is 5. The zero-order valence-electron chi connectivity index (χ0n) is 33.9. The van der Waals surface area contributed by atoms with Gasteiger partial charge in [-0.25, -0.2) is 4.79 Å². The minimum absolute atomic E-state index is 0.00449. The Morgan fingerprint density at radius 3 is 1.48 bits per heavy atom. The molecule has 3 aromatic carbocycles. The summed E-state index contributed by atoms with van der Waals surface area (Å²) in [5.41, 5.74) is 2.57. The average Bonchev–Trinajstić information content (AvgIpc) is 3.20. The Kier molecular flexibility index (Phi) is 20.8. The van der Waals surface area contributed by atoms with E-state index in [0.29, 0.717) is 23.7 Å². The third kappa shape index (κ3) is 14.0. The van der Waals surface area contributed by atoms with Gasteiger partial charge in [0, 0.05) is 51.2 Å². The number of thioether (sulfide) groups is 1. The van der Waals surface area contributed by atoms with E-state index < -0.39 is 28.4 Å². The molecule has 10 nitrogen and oxygen atoms in total. The Balaban J connectivity index is 0.000000610. The highest BCUT2D eigenvalue weighted by Crippen LogP contribution is 2.49. The summed E-state index contributed by atoms with van der Waals surface area (Å²) in [4.78, 5) is 63.9. The number of thiol groups is 2. The van der Waals surface area contributed by atoms with Crippen molar-refractivity contribution >= 4 is 66.5 Å². The molecule has 4 atom stereocenters. The lowest BCUT2D eigenvalue weighted by atomic mass is 9.84. The van der Waals surface area contributed by atoms with Crippen LogP contribution in [0, 0.1) is 11.8 Å². The highest BCUT2D eigenvalue weighted by atomic mass is 32.2. The van der Waals surface area contributed by atoms with Crippen LogP contribution in [0.5, 0.6) is 0 Å². The standard InChI is InChI=1S/C34H42N2O4S.C9H18N2O2S2/c1-7-29(36(6)32(39)40-33(2,3)4)30(37)23-25(31(38)35-5)24-41-34(26-17-11-8-12-18-26,27-19-13-9-14-20-27)28-21-15-10-16-22-28;1-10-7(5-15)8(12)3-6(4-14)9(13)11-2/h8-22,25,29H,7,23-24H2,1-6H3,(H,35,38);6-7,10,14-15H,3-5H2,1-2H3,(H,11,13)/t25-,29-;6-,7-/m00/s1. The number of hydrogen-bond acceptors (Lipinski definition) is 10. The summed E-state index contributed by atoms with van der Waals surface area (Å²) in [6, 6.07) is 29.8. The summed E-state index contributed by atoms with van der Waals surface area (Å²) in [6.07, 6.45) is 0.0754. The Labute approximate surface area is 348 Å². The minimum Gasteiger partial charge on any atom is -0.444 e. The maximum Gasteiger partial charge on any atom is 0.410 e. The lowest BCUT2D eigenvalue weighted by molar-refractivity contribution is -0.130. The summed E-state index contributed by atoms with van der Waals surface area (Å²) in [5, 5.41) is 8.13. The van der Waals surface area contributed by atoms with Crippen molar-refractivity contribution in [1.29, 1.82) is 0 Å². The first-order valence-electron chi connectivity index (χ1n) is 18.8. The number of nitrogens with zero attached hydrogens (tertiary/aromatic N) is 1. The Hall–Kier alpha value is -3.78. The Morgan fingerprint density at radius 2 is 1.12 bits per heavy atom. The number of amides is 3. The molecule has 0 radical (unpaired) electrons. The summed E-state index contributed by atoms with van der Waals surface area (Å²) in [6.45, 7) is 7.23. The first-order valence-corrected chi connectivity index (χ1v) is 21.0. The topological polar surface area (TPSA) is 134 Å². The SMILES string of the molecule is CC[C@@H](C(=O)C[C@@H](CSC(c1ccccc1)(c1ccccc1)c1ccccc1)C(=O)NC)N(C)C(=O)OC(C)(C)C.CNC(=O)[C@H](CS)CC(=O)[C@H](CS)NC. The molecule has 3 rings (SSSR count). The quantitative estimate of drug-likeness (QED) is 0.0690. The van der Waals surface area contributed by atoms with E-state index in [2.05, 4.69) is 77.6 Å². The van der Waals surface area contributed by atoms with Gasteiger partial charge >= 0.3 is 6.09 Å². The largest absolute Gasteiger partial charge is 0.444 e. The zero-order chi connectivity index (χ0) is 41.9. The molecule has 3 amide bonds. The molecular formula is C43H60N4O6S3. The summed E-state index contributed by atoms with van der Waals surface area (Å²) in [5.74, 6) is -0.297. The first kappa shape index (κ1) is 48.4. The molecule has 0 aromatic heterocycles. The van der Waals surface area contributed by atoms with E-state index in [1.54, 1.807) is 60.7 Å². The van der Waals surface area contributed by atoms with E-state index in [-0.39, 0.29) is 48.2 Å². The monoisotopic (exact) mass is 824 g/mol. The third-order valence-electron chi connectivity index (χ3n) is 9.22. The van der Waals surface area contributed by atoms with Crippen molar-refractivity contribution in [2.24, 2.45) is 11.8 Å². The van der Waals surface area contributed by atoms with Crippen molar-refractivity contribution in [3.8, 4) is 0 Å². The van der Waals surface area contributed by atoms with E-state index in [4.69, 9.17) is 4.74 Å². The number of Topliss-reactive ketones (excluding diaryl/α,β-unsaturated/α-hetero) is 2. The van der Waals surface area contributed by atoms with E-state index in [1.807, 2.05) is 61.5 Å². The van der Waals surface area contributed by atoms with E-state index in [0.717, 1.165) is 16.7 Å². The number of benzene rings is 3. The van der Waals surface area contributed by atoms with Crippen molar-refractivity contribution in [2.45, 2.75) is 69.4 Å². The first-order chi connectivity index (χ1) is 26.6. The molecule has 13 heteroatoms. The van der Waals surface area contributed by atoms with Gasteiger partial charge in [0.1, 0.15) is 5.60 Å². The van der Waals surface area contributed by atoms with Crippen LogP contribution in [-0.2, 0) is 28.7 Å². The van der Waals surface area contributed by atoms with Crippen molar-refractivity contribution in [2.75, 3.05) is 45.4 Å². The molecule has 0 spiro atoms. The van der Waals surface area contributed by atoms with Crippen LogP contribution in [0.4, 0.5) is 4.79 Å². The minimum atomic E-state index is -0.691. The Bertz CT molecular complexity index is 1570. The molecule has 3 N–H and O–H groups in total. The number of hydrogen-bond donors (Lipinski definition) is 5. The Morgan fingerprint density at radius 1 is 0.696 bits per heavy atom. The second-order valence-corrected chi connectivity index (χ2v) is 16.2. The van der Waals surface area contributed by atoms with E-state index >= 15 is 0 Å². The fraction of sp³-hybridized carbons (Fsp3) is 0.465. The van der Waals surface area contributed by atoms with E-state index in [1.165, 1.54) is 4.90 Å². The number of rotatable bonds is 19. The van der Waals surface area contributed by atoms with Gasteiger partial charge < -0.3 is 25.6 Å². The van der Waals surface area contributed by atoms with Gasteiger partial charge in [-0.3, -0.25) is 19.2 Å². The molecule has 0 saturated heterocycles. The molecule has 56 heavy (non-hydrogen) atoms. The van der Waals surface area contributed by atoms with Crippen molar-refractivity contribution in [3.05, 3.63) is 108 Å². The maximum absolute atomic E-state index is 13.6. The average molecular weight is 825 g/mol. The predicted molar refractivity (Wildman–Crippen MR) is 235 cm³/mol. The fourth-order valence-corrected chi connectivity index (χ4v) is 8.48. The third-order valence-corrected chi connectivity index (χ3v) is 11.7. The van der Waals surface area contributed by atoms with Crippen LogP contribution in [-0.4, -0.2) is 97.5 Å². The predicted octanol–water partition coefficient (Wildman–Crippen LogP) is 6.43. The van der Waals surface area contributed by atoms with Gasteiger partial charge in [0.2, 0.25) is 11.8 Å². The summed E-state index contributed by atoms with van der Waals surface area (Å²) >= 11 is 9.76. The molecule has 0 unspecified atom stereocenters. The molecule has 3 aromatic rings. The van der Waals surface area contributed by atoms with Gasteiger partial charge in [-0.1, -0.05) is 97.9 Å². The number of nitrogens with one attached hydrogen (secondary N) is 3. The van der Waals surface area contributed by atoms with Gasteiger partial charge in [0.15, 0.2) is 11.6 Å². The van der Waals surface area contributed by atoms with Crippen LogP contribution in [0.15, 0.2) is 91.0 Å². The molecule has 0 saturated carbocycles. The summed E-state index contributed by atoms with van der Waals surface area (Å²) < 4.78 is 4.88. The van der Waals surface area contributed by atoms with Crippen LogP contribution in [0.2, 0.25) is 0 Å². The highest BCUT2D eigenvalue weighted by Gasteiger charge is 2.39. The lowest BCUT2D eigenvalue weighted by Crippen LogP contribution is -2.46. The van der Waals surface area contributed by atoms with Gasteiger partial charge in [0.25, 0.3) is 0 Å². The maximum atomic E-state index is 13.6. The van der Waals surface area contributed by atoms with Crippen LogP contribution in [0.1, 0.15) is 63.6 Å². The molecule has 0 aliphatic heterocycles. The van der Waals surface area contributed by atoms with Gasteiger partial charge in [-0.2, -0.15) is 25.3 Å². The molecule has 0 heterocycles. The zero-order valence-corrected chi connectivity index (χ0v) is 36.5. The second-order valence-electron chi connectivity index (χ2n) is 14.3. The molecule has 0 bridgehead atoms. The van der Waals surface area contributed by atoms with Gasteiger partial charge in [0.05, 0.1) is 28.7 Å². The normalized spacial score (nSPS) is 13.5. The summed E-state index contributed by atoms with van der Waals surface area (Å²) in [7, 11) is 6.42. The van der Waals surface area contributed by atoms with Crippen LogP contribution < -0.4 is 16.0 Å². The van der Waals surface area contributed by atoms with Crippen molar-refractivity contribution in [1.82, 2.24) is 20.9 Å². The van der Waals surface area contributed by atoms with Crippen molar-refractivity contribution in [3.63, 3.8) is 0 Å². The van der Waals surface area contributed by atoms with Gasteiger partial charge in [-0.15, -0.1) is 11.8 Å². The molecule has 0 aliphatic carbocycles.